The number of aliphatic imine (C=N–C) groups is 1. The molecule has 3 nitrogen and oxygen atoms in total. The topological polar surface area (TPSA) is 38.7 Å². The zero-order valence-electron chi connectivity index (χ0n) is 7.24. The third-order valence-corrected chi connectivity index (χ3v) is 2.49. The molecule has 1 aliphatic rings. The van der Waals surface area contributed by atoms with Crippen molar-refractivity contribution in [2.75, 3.05) is 0 Å². The van der Waals surface area contributed by atoms with Crippen molar-refractivity contribution in [3.05, 3.63) is 34.3 Å². The van der Waals surface area contributed by atoms with Crippen LogP contribution in [0.25, 0.3) is 0 Å². The number of nitrogens with zero attached hydrogens (tertiary/aromatic N) is 1. The molecule has 1 atom stereocenters. The van der Waals surface area contributed by atoms with Gasteiger partial charge >= 0.3 is 0 Å². The quantitative estimate of drug-likeness (QED) is 0.754. The standard InChI is InChI=1S/C10H7BrNO2/c11-8-3-1-7(2-4-8)5-9-10(13)12-6-14-9/h1-4,9H,5H2/q-1. The Hall–Kier alpha value is -1.16. The smallest absolute Gasteiger partial charge is 0.128 e. The van der Waals surface area contributed by atoms with Gasteiger partial charge in [-0.2, -0.15) is 0 Å². The second kappa shape index (κ2) is 3.92. The summed E-state index contributed by atoms with van der Waals surface area (Å²) in [4.78, 5) is 14.5. The van der Waals surface area contributed by atoms with Crippen molar-refractivity contribution in [2.45, 2.75) is 12.5 Å². The molecule has 1 heterocycles. The average molecular weight is 253 g/mol. The van der Waals surface area contributed by atoms with E-state index in [-0.39, 0.29) is 5.91 Å². The van der Waals surface area contributed by atoms with Crippen LogP contribution in [0.2, 0.25) is 0 Å². The van der Waals surface area contributed by atoms with E-state index < -0.39 is 6.10 Å². The maximum absolute atomic E-state index is 11.1. The molecule has 0 spiro atoms. The molecule has 1 aliphatic heterocycles. The van der Waals surface area contributed by atoms with E-state index in [4.69, 9.17) is 4.74 Å². The van der Waals surface area contributed by atoms with Crippen molar-refractivity contribution >= 4 is 28.2 Å². The van der Waals surface area contributed by atoms with E-state index in [0.29, 0.717) is 6.42 Å². The SMILES string of the molecule is O=C1N=[C-]OC1Cc1ccc(Br)cc1. The third-order valence-electron chi connectivity index (χ3n) is 1.96. The van der Waals surface area contributed by atoms with Gasteiger partial charge in [0, 0.05) is 10.9 Å². The molecular weight excluding hydrogens is 246 g/mol. The minimum absolute atomic E-state index is 0.257. The van der Waals surface area contributed by atoms with Crippen LogP contribution in [0, 0.1) is 0 Å². The first kappa shape index (κ1) is 9.40. The summed E-state index contributed by atoms with van der Waals surface area (Å²) in [5, 5.41) is 0. The molecule has 0 N–H and O–H groups in total. The fraction of sp³-hybridized carbons (Fsp3) is 0.200. The van der Waals surface area contributed by atoms with Gasteiger partial charge in [0.2, 0.25) is 0 Å². The van der Waals surface area contributed by atoms with Crippen LogP contribution in [-0.4, -0.2) is 18.4 Å². The number of benzene rings is 1. The average Bonchev–Trinajstić information content (AvgIpc) is 2.56. The Morgan fingerprint density at radius 2 is 2.14 bits per heavy atom. The summed E-state index contributed by atoms with van der Waals surface area (Å²) in [5.41, 5.74) is 1.05. The van der Waals surface area contributed by atoms with E-state index in [9.17, 15) is 4.79 Å². The molecule has 4 heteroatoms. The maximum atomic E-state index is 11.1. The molecule has 0 bridgehead atoms. The monoisotopic (exact) mass is 252 g/mol. The molecule has 72 valence electrons. The predicted octanol–water partition coefficient (Wildman–Crippen LogP) is 1.82. The van der Waals surface area contributed by atoms with Gasteiger partial charge in [0.05, 0.1) is 6.10 Å². The second-order valence-electron chi connectivity index (χ2n) is 2.98. The van der Waals surface area contributed by atoms with Crippen LogP contribution in [0.4, 0.5) is 0 Å². The number of amides is 1. The summed E-state index contributed by atoms with van der Waals surface area (Å²) >= 11 is 3.34. The second-order valence-corrected chi connectivity index (χ2v) is 3.89. The normalized spacial score (nSPS) is 19.8. The highest BCUT2D eigenvalue weighted by molar-refractivity contribution is 9.10. The molecule has 2 rings (SSSR count). The van der Waals surface area contributed by atoms with Crippen LogP contribution in [-0.2, 0) is 16.0 Å². The van der Waals surface area contributed by atoms with Gasteiger partial charge in [0.25, 0.3) is 0 Å². The highest BCUT2D eigenvalue weighted by atomic mass is 79.9. The number of halogens is 1. The van der Waals surface area contributed by atoms with Gasteiger partial charge < -0.3 is 14.5 Å². The first-order chi connectivity index (χ1) is 6.75. The number of carbonyl (C=O) groups is 1. The van der Waals surface area contributed by atoms with Crippen LogP contribution < -0.4 is 0 Å². The molecule has 1 unspecified atom stereocenters. The number of rotatable bonds is 2. The Labute approximate surface area is 89.9 Å². The van der Waals surface area contributed by atoms with Gasteiger partial charge in [-0.05, 0) is 24.1 Å². The van der Waals surface area contributed by atoms with Crippen LogP contribution in [0.5, 0.6) is 0 Å². The maximum Gasteiger partial charge on any atom is 0.128 e. The molecular formula is C10H7BrNO2-. The van der Waals surface area contributed by atoms with Crippen LogP contribution in [0.1, 0.15) is 5.56 Å². The first-order valence-corrected chi connectivity index (χ1v) is 4.94. The zero-order chi connectivity index (χ0) is 9.97. The van der Waals surface area contributed by atoms with Crippen LogP contribution in [0.15, 0.2) is 33.7 Å². The van der Waals surface area contributed by atoms with Crippen molar-refractivity contribution < 1.29 is 9.53 Å². The first-order valence-electron chi connectivity index (χ1n) is 4.15. The summed E-state index contributed by atoms with van der Waals surface area (Å²) in [6.07, 6.45) is 2.27. The number of carbonyl (C=O) groups excluding carboxylic acids is 1. The Morgan fingerprint density at radius 3 is 2.71 bits per heavy atom. The third kappa shape index (κ3) is 2.01. The summed E-state index contributed by atoms with van der Waals surface area (Å²) < 4.78 is 5.94. The largest absolute Gasteiger partial charge is 0.577 e. The predicted molar refractivity (Wildman–Crippen MR) is 55.2 cm³/mol. The van der Waals surface area contributed by atoms with Gasteiger partial charge in [0.1, 0.15) is 5.91 Å². The van der Waals surface area contributed by atoms with Crippen molar-refractivity contribution in [3.63, 3.8) is 0 Å². The van der Waals surface area contributed by atoms with E-state index in [1.807, 2.05) is 24.3 Å². The van der Waals surface area contributed by atoms with Crippen LogP contribution >= 0.6 is 15.9 Å². The molecule has 1 aromatic carbocycles. The summed E-state index contributed by atoms with van der Waals surface area (Å²) in [6.45, 7) is 0. The lowest BCUT2D eigenvalue weighted by Gasteiger charge is -2.13. The minimum Gasteiger partial charge on any atom is -0.577 e. The Kier molecular flexibility index (Phi) is 2.63. The lowest BCUT2D eigenvalue weighted by molar-refractivity contribution is -0.122. The Morgan fingerprint density at radius 1 is 1.43 bits per heavy atom. The Bertz CT molecular complexity index is 372. The fourth-order valence-corrected chi connectivity index (χ4v) is 1.49. The molecule has 14 heavy (non-hydrogen) atoms. The molecule has 0 radical (unpaired) electrons. The number of ether oxygens (including phenoxy) is 1. The van der Waals surface area contributed by atoms with Gasteiger partial charge in [-0.15, -0.1) is 0 Å². The van der Waals surface area contributed by atoms with E-state index in [1.54, 1.807) is 0 Å². The van der Waals surface area contributed by atoms with Crippen LogP contribution in [0.3, 0.4) is 0 Å². The summed E-state index contributed by atoms with van der Waals surface area (Å²) in [6, 6.07) is 7.75. The van der Waals surface area contributed by atoms with Crippen molar-refractivity contribution in [1.29, 1.82) is 0 Å². The molecule has 0 aliphatic carbocycles. The van der Waals surface area contributed by atoms with E-state index in [0.717, 1.165) is 10.0 Å². The van der Waals surface area contributed by atoms with Crippen molar-refractivity contribution in [3.8, 4) is 0 Å². The summed E-state index contributed by atoms with van der Waals surface area (Å²) in [7, 11) is 0. The van der Waals surface area contributed by atoms with Crippen molar-refractivity contribution in [1.82, 2.24) is 0 Å². The molecule has 0 saturated heterocycles. The van der Waals surface area contributed by atoms with E-state index in [2.05, 4.69) is 27.3 Å². The van der Waals surface area contributed by atoms with Gasteiger partial charge in [0.15, 0.2) is 0 Å². The molecule has 1 amide bonds. The van der Waals surface area contributed by atoms with Crippen molar-refractivity contribution in [2.24, 2.45) is 4.99 Å². The lowest BCUT2D eigenvalue weighted by Crippen LogP contribution is -2.19. The van der Waals surface area contributed by atoms with Gasteiger partial charge in [-0.1, -0.05) is 28.1 Å². The molecule has 0 aromatic heterocycles. The molecule has 1 aromatic rings. The number of hydrogen-bond acceptors (Lipinski definition) is 2. The van der Waals surface area contributed by atoms with E-state index in [1.165, 1.54) is 0 Å². The minimum atomic E-state index is -0.490. The summed E-state index contributed by atoms with van der Waals surface area (Å²) in [5.74, 6) is -0.257. The highest BCUT2D eigenvalue weighted by Crippen LogP contribution is 2.14. The van der Waals surface area contributed by atoms with E-state index >= 15 is 0 Å². The van der Waals surface area contributed by atoms with Gasteiger partial charge in [-0.25, -0.2) is 0 Å². The molecule has 0 saturated carbocycles. The lowest BCUT2D eigenvalue weighted by atomic mass is 10.1. The molecule has 0 fully saturated rings. The zero-order valence-corrected chi connectivity index (χ0v) is 8.82. The highest BCUT2D eigenvalue weighted by Gasteiger charge is 2.13. The number of hydrogen-bond donors (Lipinski definition) is 0. The van der Waals surface area contributed by atoms with Gasteiger partial charge in [-0.3, -0.25) is 0 Å². The fourth-order valence-electron chi connectivity index (χ4n) is 1.22. The Balaban J connectivity index is 2.04.